The van der Waals surface area contributed by atoms with Crippen LogP contribution in [0.3, 0.4) is 0 Å². The van der Waals surface area contributed by atoms with Gasteiger partial charge in [0, 0.05) is 27.9 Å². The van der Waals surface area contributed by atoms with Gasteiger partial charge in [0.05, 0.1) is 17.1 Å². The van der Waals surface area contributed by atoms with Gasteiger partial charge in [-0.1, -0.05) is 172 Å². The third kappa shape index (κ3) is 5.96. The lowest BCUT2D eigenvalue weighted by Gasteiger charge is -2.42. The highest BCUT2D eigenvalue weighted by Crippen LogP contribution is 2.53. The first-order chi connectivity index (χ1) is 29.0. The zero-order chi connectivity index (χ0) is 39.5. The molecule has 280 valence electrons. The van der Waals surface area contributed by atoms with E-state index < -0.39 is 0 Å². The second-order valence-electron chi connectivity index (χ2n) is 16.2. The topological polar surface area (TPSA) is 6.48 Å². The molecule has 0 unspecified atom stereocenters. The number of nitrogens with zero attached hydrogens (tertiary/aromatic N) is 2. The number of para-hydroxylation sites is 1. The van der Waals surface area contributed by atoms with Crippen molar-refractivity contribution in [2.45, 2.75) is 19.3 Å². The van der Waals surface area contributed by atoms with E-state index >= 15 is 0 Å². The molecule has 11 rings (SSSR count). The van der Waals surface area contributed by atoms with Crippen LogP contribution in [0.15, 0.2) is 206 Å². The highest BCUT2D eigenvalue weighted by molar-refractivity contribution is 6.15. The van der Waals surface area contributed by atoms with Crippen LogP contribution < -0.4 is 9.80 Å². The molecule has 0 aliphatic carbocycles. The predicted octanol–water partition coefficient (Wildman–Crippen LogP) is 16.0. The molecule has 2 heteroatoms. The average Bonchev–Trinajstić information content (AvgIpc) is 3.29. The van der Waals surface area contributed by atoms with Gasteiger partial charge in [0.1, 0.15) is 0 Å². The molecule has 10 aromatic carbocycles. The summed E-state index contributed by atoms with van der Waals surface area (Å²) < 4.78 is 0. The largest absolute Gasteiger partial charge is 0.310 e. The fourth-order valence-corrected chi connectivity index (χ4v) is 9.31. The van der Waals surface area contributed by atoms with Gasteiger partial charge in [0.15, 0.2) is 0 Å². The predicted molar refractivity (Wildman–Crippen MR) is 253 cm³/mol. The molecule has 0 bridgehead atoms. The maximum absolute atomic E-state index is 2.49. The standard InChI is InChI=1S/C57H42N2/c1-57(2)52-21-11-12-22-54(52)59(56-38-45-17-7-8-18-49(45)50-19-9-10-20-51(50)56)55-34-27-40(35-53(55)57)24-23-39-25-30-46(31-26-39)58(47-32-28-41-13-3-5-15-43(41)36-47)48-33-29-42-14-4-6-16-44(42)37-48/h3-38H,1-2H3/b24-23+. The Morgan fingerprint density at radius 2 is 0.864 bits per heavy atom. The molecule has 59 heavy (non-hydrogen) atoms. The summed E-state index contributed by atoms with van der Waals surface area (Å²) in [6.07, 6.45) is 4.49. The van der Waals surface area contributed by atoms with Gasteiger partial charge in [-0.05, 0) is 121 Å². The van der Waals surface area contributed by atoms with Crippen molar-refractivity contribution < 1.29 is 0 Å². The normalized spacial score (nSPS) is 13.3. The van der Waals surface area contributed by atoms with Crippen molar-refractivity contribution in [2.24, 2.45) is 0 Å². The summed E-state index contributed by atoms with van der Waals surface area (Å²) in [6, 6.07) is 75.4. The van der Waals surface area contributed by atoms with Crippen molar-refractivity contribution in [1.82, 2.24) is 0 Å². The number of benzene rings is 10. The first kappa shape index (κ1) is 34.8. The van der Waals surface area contributed by atoms with Gasteiger partial charge in [0.2, 0.25) is 0 Å². The summed E-state index contributed by atoms with van der Waals surface area (Å²) in [4.78, 5) is 4.86. The van der Waals surface area contributed by atoms with Gasteiger partial charge < -0.3 is 9.80 Å². The lowest BCUT2D eigenvalue weighted by atomic mass is 9.73. The molecule has 1 aliphatic heterocycles. The molecule has 0 fully saturated rings. The molecule has 0 radical (unpaired) electrons. The highest BCUT2D eigenvalue weighted by Gasteiger charge is 2.37. The fraction of sp³-hybridized carbons (Fsp3) is 0.0526. The molecule has 0 N–H and O–H groups in total. The first-order valence-corrected chi connectivity index (χ1v) is 20.5. The Balaban J connectivity index is 0.967. The maximum Gasteiger partial charge on any atom is 0.0546 e. The van der Waals surface area contributed by atoms with Crippen molar-refractivity contribution in [1.29, 1.82) is 0 Å². The van der Waals surface area contributed by atoms with E-state index in [1.807, 2.05) is 0 Å². The quantitative estimate of drug-likeness (QED) is 0.123. The van der Waals surface area contributed by atoms with Crippen LogP contribution in [0, 0.1) is 0 Å². The van der Waals surface area contributed by atoms with Crippen molar-refractivity contribution in [3.63, 3.8) is 0 Å². The first-order valence-electron chi connectivity index (χ1n) is 20.5. The average molecular weight is 755 g/mol. The zero-order valence-electron chi connectivity index (χ0n) is 33.2. The van der Waals surface area contributed by atoms with Crippen LogP contribution >= 0.6 is 0 Å². The van der Waals surface area contributed by atoms with Gasteiger partial charge in [-0.15, -0.1) is 0 Å². The van der Waals surface area contributed by atoms with Crippen molar-refractivity contribution in [3.05, 3.63) is 229 Å². The Kier molecular flexibility index (Phi) is 8.20. The van der Waals surface area contributed by atoms with E-state index in [1.165, 1.54) is 76.8 Å². The number of rotatable bonds is 6. The summed E-state index contributed by atoms with van der Waals surface area (Å²) in [7, 11) is 0. The summed E-state index contributed by atoms with van der Waals surface area (Å²) >= 11 is 0. The summed E-state index contributed by atoms with van der Waals surface area (Å²) in [5.41, 5.74) is 11.8. The van der Waals surface area contributed by atoms with Gasteiger partial charge in [-0.25, -0.2) is 0 Å². The van der Waals surface area contributed by atoms with Crippen LogP contribution in [0.5, 0.6) is 0 Å². The minimum Gasteiger partial charge on any atom is -0.310 e. The smallest absolute Gasteiger partial charge is 0.0546 e. The minimum absolute atomic E-state index is 0.199. The summed E-state index contributed by atoms with van der Waals surface area (Å²) in [5, 5.41) is 9.96. The third-order valence-corrected chi connectivity index (χ3v) is 12.3. The van der Waals surface area contributed by atoms with E-state index in [-0.39, 0.29) is 5.41 Å². The molecule has 1 heterocycles. The van der Waals surface area contributed by atoms with Gasteiger partial charge >= 0.3 is 0 Å². The molecule has 0 amide bonds. The van der Waals surface area contributed by atoms with Crippen LogP contribution in [-0.2, 0) is 5.41 Å². The number of hydrogen-bond acceptors (Lipinski definition) is 2. The number of fused-ring (bicyclic) bond motifs is 7. The van der Waals surface area contributed by atoms with E-state index in [2.05, 4.69) is 242 Å². The fourth-order valence-electron chi connectivity index (χ4n) is 9.31. The van der Waals surface area contributed by atoms with E-state index in [1.54, 1.807) is 0 Å². The van der Waals surface area contributed by atoms with Crippen molar-refractivity contribution in [3.8, 4) is 0 Å². The lowest BCUT2D eigenvalue weighted by molar-refractivity contribution is 0.632. The van der Waals surface area contributed by atoms with Crippen LogP contribution in [0.4, 0.5) is 34.1 Å². The second kappa shape index (κ2) is 13.9. The summed E-state index contributed by atoms with van der Waals surface area (Å²) in [6.45, 7) is 4.73. The minimum atomic E-state index is -0.199. The summed E-state index contributed by atoms with van der Waals surface area (Å²) in [5.74, 6) is 0. The monoisotopic (exact) mass is 754 g/mol. The van der Waals surface area contributed by atoms with Crippen LogP contribution in [0.2, 0.25) is 0 Å². The zero-order valence-corrected chi connectivity index (χ0v) is 33.2. The van der Waals surface area contributed by atoms with E-state index in [0.717, 1.165) is 22.6 Å². The molecule has 2 nitrogen and oxygen atoms in total. The SMILES string of the molecule is CC1(C)c2ccccc2N(c2cc3ccccc3c3ccccc23)c2ccc(/C=C/c3ccc(N(c4ccc5ccccc5c4)c4ccc5ccccc5c4)cc3)cc21. The molecule has 0 atom stereocenters. The Bertz CT molecular complexity index is 3180. The number of hydrogen-bond donors (Lipinski definition) is 0. The van der Waals surface area contributed by atoms with Gasteiger partial charge in [0.25, 0.3) is 0 Å². The Hall–Kier alpha value is -7.42. The van der Waals surface area contributed by atoms with Crippen LogP contribution in [0.1, 0.15) is 36.1 Å². The van der Waals surface area contributed by atoms with Crippen LogP contribution in [-0.4, -0.2) is 0 Å². The highest BCUT2D eigenvalue weighted by atomic mass is 15.2. The number of anilines is 6. The molecule has 0 spiro atoms. The molecular weight excluding hydrogens is 713 g/mol. The van der Waals surface area contributed by atoms with E-state index in [4.69, 9.17) is 0 Å². The molecular formula is C57H42N2. The van der Waals surface area contributed by atoms with Crippen molar-refractivity contribution in [2.75, 3.05) is 9.80 Å². The second-order valence-corrected chi connectivity index (χ2v) is 16.2. The molecule has 0 saturated heterocycles. The van der Waals surface area contributed by atoms with Gasteiger partial charge in [-0.3, -0.25) is 0 Å². The lowest BCUT2D eigenvalue weighted by Crippen LogP contribution is -2.30. The third-order valence-electron chi connectivity index (χ3n) is 12.3. The maximum atomic E-state index is 2.49. The molecule has 1 aliphatic rings. The Morgan fingerprint density at radius 1 is 0.356 bits per heavy atom. The van der Waals surface area contributed by atoms with Crippen LogP contribution in [0.25, 0.3) is 55.2 Å². The molecule has 0 aromatic heterocycles. The van der Waals surface area contributed by atoms with E-state index in [9.17, 15) is 0 Å². The van der Waals surface area contributed by atoms with Crippen molar-refractivity contribution >= 4 is 89.4 Å². The molecule has 10 aromatic rings. The van der Waals surface area contributed by atoms with E-state index in [0.29, 0.717) is 0 Å². The Morgan fingerprint density at radius 3 is 1.56 bits per heavy atom. The Labute approximate surface area is 345 Å². The van der Waals surface area contributed by atoms with Gasteiger partial charge in [-0.2, -0.15) is 0 Å². The molecule has 0 saturated carbocycles.